The molecule has 0 radical (unpaired) electrons. The van der Waals surface area contributed by atoms with Crippen LogP contribution < -0.4 is 5.32 Å². The number of aromatic nitrogens is 3. The normalized spacial score (nSPS) is 11.2. The van der Waals surface area contributed by atoms with E-state index in [0.717, 1.165) is 0 Å². The number of alkyl halides is 3. The number of hydrogen-bond acceptors (Lipinski definition) is 5. The van der Waals surface area contributed by atoms with Crippen LogP contribution in [-0.2, 0) is 17.6 Å². The quantitative estimate of drug-likeness (QED) is 0.912. The van der Waals surface area contributed by atoms with Crippen LogP contribution in [0.2, 0.25) is 0 Å². The smallest absolute Gasteiger partial charge is 0.422 e. The van der Waals surface area contributed by atoms with Gasteiger partial charge in [-0.3, -0.25) is 5.32 Å². The molecule has 106 valence electrons. The Morgan fingerprint density at radius 2 is 1.84 bits per heavy atom. The fraction of sp³-hybridized carbons (Fsp3) is 0.600. The Morgan fingerprint density at radius 1 is 1.21 bits per heavy atom. The van der Waals surface area contributed by atoms with Crippen molar-refractivity contribution in [3.63, 3.8) is 0 Å². The van der Waals surface area contributed by atoms with Crippen molar-refractivity contribution in [1.29, 1.82) is 0 Å². The molecule has 0 aliphatic rings. The number of carbonyl (C=O) groups is 1. The molecule has 9 heteroatoms. The summed E-state index contributed by atoms with van der Waals surface area (Å²) in [7, 11) is 0. The predicted octanol–water partition coefficient (Wildman–Crippen LogP) is 2.11. The van der Waals surface area contributed by atoms with E-state index in [1.54, 1.807) is 0 Å². The highest BCUT2D eigenvalue weighted by molar-refractivity contribution is 5.82. The number of aryl methyl sites for hydroxylation is 2. The van der Waals surface area contributed by atoms with Gasteiger partial charge in [0.1, 0.15) is 0 Å². The minimum Gasteiger partial charge on any atom is -0.440 e. The van der Waals surface area contributed by atoms with Gasteiger partial charge in [-0.05, 0) is 12.8 Å². The molecule has 1 amide bonds. The number of halogens is 3. The monoisotopic (exact) mass is 278 g/mol. The lowest BCUT2D eigenvalue weighted by atomic mass is 10.2. The Balaban J connectivity index is 2.64. The summed E-state index contributed by atoms with van der Waals surface area (Å²) in [5, 5.41) is 9.41. The molecule has 0 spiro atoms. The predicted molar refractivity (Wildman–Crippen MR) is 59.6 cm³/mol. The third-order valence-corrected chi connectivity index (χ3v) is 2.09. The summed E-state index contributed by atoms with van der Waals surface area (Å²) in [5.41, 5.74) is 1.31. The number of nitrogens with one attached hydrogen (secondary N) is 1. The van der Waals surface area contributed by atoms with Crippen molar-refractivity contribution in [2.75, 3.05) is 11.9 Å². The molecule has 1 aromatic heterocycles. The zero-order valence-electron chi connectivity index (χ0n) is 10.4. The van der Waals surface area contributed by atoms with Gasteiger partial charge in [-0.1, -0.05) is 13.8 Å². The number of rotatable bonds is 4. The number of anilines is 1. The maximum atomic E-state index is 11.8. The topological polar surface area (TPSA) is 77.0 Å². The minimum absolute atomic E-state index is 0.179. The first-order chi connectivity index (χ1) is 8.85. The minimum atomic E-state index is -4.57. The number of carbonyl (C=O) groups excluding carboxylic acids is 1. The second-order valence-electron chi connectivity index (χ2n) is 3.55. The van der Waals surface area contributed by atoms with Crippen LogP contribution in [-0.4, -0.2) is 34.1 Å². The third kappa shape index (κ3) is 5.06. The van der Waals surface area contributed by atoms with E-state index >= 15 is 0 Å². The van der Waals surface area contributed by atoms with E-state index in [9.17, 15) is 18.0 Å². The van der Waals surface area contributed by atoms with Gasteiger partial charge < -0.3 is 4.74 Å². The molecule has 1 aromatic rings. The van der Waals surface area contributed by atoms with Crippen LogP contribution in [0, 0.1) is 0 Å². The van der Waals surface area contributed by atoms with Gasteiger partial charge in [0.15, 0.2) is 6.61 Å². The molecular formula is C10H13F3N4O2. The highest BCUT2D eigenvalue weighted by Crippen LogP contribution is 2.14. The average Bonchev–Trinajstić information content (AvgIpc) is 2.35. The van der Waals surface area contributed by atoms with Gasteiger partial charge in [0.25, 0.3) is 5.95 Å². The molecule has 0 unspecified atom stereocenters. The lowest BCUT2D eigenvalue weighted by molar-refractivity contribution is -0.159. The molecule has 0 saturated heterocycles. The third-order valence-electron chi connectivity index (χ3n) is 2.09. The molecule has 0 aliphatic heterocycles. The first kappa shape index (κ1) is 15.1. The summed E-state index contributed by atoms with van der Waals surface area (Å²) < 4.78 is 39.4. The zero-order valence-corrected chi connectivity index (χ0v) is 10.4. The molecule has 1 heterocycles. The largest absolute Gasteiger partial charge is 0.440 e. The maximum absolute atomic E-state index is 11.8. The summed E-state index contributed by atoms with van der Waals surface area (Å²) in [6.07, 6.45) is -4.64. The number of ether oxygens (including phenoxy) is 1. The molecule has 0 aromatic carbocycles. The lowest BCUT2D eigenvalue weighted by Crippen LogP contribution is -2.24. The Labute approximate surface area is 107 Å². The Kier molecular flexibility index (Phi) is 5.02. The van der Waals surface area contributed by atoms with E-state index in [2.05, 4.69) is 19.9 Å². The molecule has 1 rings (SSSR count). The summed E-state index contributed by atoms with van der Waals surface area (Å²) >= 11 is 0. The SMILES string of the molecule is CCc1nnc(NC(=O)OCC(F)(F)F)nc1CC. The molecule has 19 heavy (non-hydrogen) atoms. The Bertz CT molecular complexity index is 451. The molecule has 0 atom stereocenters. The molecule has 0 saturated carbocycles. The van der Waals surface area contributed by atoms with E-state index in [4.69, 9.17) is 0 Å². The average molecular weight is 278 g/mol. The fourth-order valence-electron chi connectivity index (χ4n) is 1.27. The van der Waals surface area contributed by atoms with Crippen molar-refractivity contribution in [1.82, 2.24) is 15.2 Å². The molecule has 0 fully saturated rings. The van der Waals surface area contributed by atoms with Crippen molar-refractivity contribution in [2.45, 2.75) is 32.9 Å². The van der Waals surface area contributed by atoms with Crippen molar-refractivity contribution in [2.24, 2.45) is 0 Å². The van der Waals surface area contributed by atoms with Crippen molar-refractivity contribution in [3.05, 3.63) is 11.4 Å². The fourth-order valence-corrected chi connectivity index (χ4v) is 1.27. The van der Waals surface area contributed by atoms with Crippen LogP contribution >= 0.6 is 0 Å². The summed E-state index contributed by atoms with van der Waals surface area (Å²) in [4.78, 5) is 15.1. The van der Waals surface area contributed by atoms with Crippen LogP contribution in [0.5, 0.6) is 0 Å². The molecule has 1 N–H and O–H groups in total. The van der Waals surface area contributed by atoms with Gasteiger partial charge >= 0.3 is 12.3 Å². The zero-order chi connectivity index (χ0) is 14.5. The van der Waals surface area contributed by atoms with Gasteiger partial charge in [0.05, 0.1) is 11.4 Å². The van der Waals surface area contributed by atoms with Crippen LogP contribution in [0.1, 0.15) is 25.2 Å². The Hall–Kier alpha value is -1.93. The van der Waals surface area contributed by atoms with Crippen LogP contribution in [0.3, 0.4) is 0 Å². The second kappa shape index (κ2) is 6.30. The van der Waals surface area contributed by atoms with Crippen LogP contribution in [0.4, 0.5) is 23.9 Å². The van der Waals surface area contributed by atoms with Crippen LogP contribution in [0.25, 0.3) is 0 Å². The maximum Gasteiger partial charge on any atom is 0.422 e. The second-order valence-corrected chi connectivity index (χ2v) is 3.55. The lowest BCUT2D eigenvalue weighted by Gasteiger charge is -2.09. The highest BCUT2D eigenvalue weighted by Gasteiger charge is 2.29. The number of amides is 1. The van der Waals surface area contributed by atoms with Gasteiger partial charge in [-0.2, -0.15) is 13.2 Å². The van der Waals surface area contributed by atoms with E-state index in [1.165, 1.54) is 0 Å². The summed E-state index contributed by atoms with van der Waals surface area (Å²) in [6, 6.07) is 0. The number of nitrogens with zero attached hydrogens (tertiary/aromatic N) is 3. The standard InChI is InChI=1S/C10H13F3N4O2/c1-3-6-7(4-2)16-17-8(14-6)15-9(18)19-5-10(11,12)13/h3-5H2,1-2H3,(H,14,15,17,18). The van der Waals surface area contributed by atoms with E-state index < -0.39 is 18.9 Å². The molecule has 6 nitrogen and oxygen atoms in total. The van der Waals surface area contributed by atoms with Crippen molar-refractivity contribution in [3.8, 4) is 0 Å². The Morgan fingerprint density at radius 3 is 2.37 bits per heavy atom. The van der Waals surface area contributed by atoms with Gasteiger partial charge in [-0.15, -0.1) is 10.2 Å². The van der Waals surface area contributed by atoms with E-state index in [1.807, 2.05) is 19.2 Å². The van der Waals surface area contributed by atoms with Gasteiger partial charge in [0, 0.05) is 0 Å². The van der Waals surface area contributed by atoms with Gasteiger partial charge in [0.2, 0.25) is 0 Å². The molecule has 0 bridgehead atoms. The van der Waals surface area contributed by atoms with Crippen LogP contribution in [0.15, 0.2) is 0 Å². The molecule has 0 aliphatic carbocycles. The molecular weight excluding hydrogens is 265 g/mol. The van der Waals surface area contributed by atoms with Crippen molar-refractivity contribution >= 4 is 12.0 Å². The number of hydrogen-bond donors (Lipinski definition) is 1. The summed E-state index contributed by atoms with van der Waals surface area (Å²) in [5.74, 6) is -0.179. The summed E-state index contributed by atoms with van der Waals surface area (Å²) in [6.45, 7) is 2.05. The van der Waals surface area contributed by atoms with Crippen molar-refractivity contribution < 1.29 is 22.7 Å². The first-order valence-electron chi connectivity index (χ1n) is 5.58. The first-order valence-corrected chi connectivity index (χ1v) is 5.58. The van der Waals surface area contributed by atoms with E-state index in [0.29, 0.717) is 24.2 Å². The van der Waals surface area contributed by atoms with E-state index in [-0.39, 0.29) is 5.95 Å². The highest BCUT2D eigenvalue weighted by atomic mass is 19.4. The van der Waals surface area contributed by atoms with Gasteiger partial charge in [-0.25, -0.2) is 9.78 Å².